The van der Waals surface area contributed by atoms with E-state index in [9.17, 15) is 18.0 Å². The third-order valence-electron chi connectivity index (χ3n) is 3.42. The van der Waals surface area contributed by atoms with Gasteiger partial charge in [-0.2, -0.15) is 9.57 Å². The smallest absolute Gasteiger partial charge is 0.293 e. The first-order valence-corrected chi connectivity index (χ1v) is 10.2. The average Bonchev–Trinajstić information content (AvgIpc) is 3.10. The van der Waals surface area contributed by atoms with Crippen molar-refractivity contribution in [1.29, 1.82) is 5.26 Å². The summed E-state index contributed by atoms with van der Waals surface area (Å²) in [6, 6.07) is 5.08. The molecule has 0 aromatic carbocycles. The molecule has 26 heavy (non-hydrogen) atoms. The number of furan rings is 1. The largest absolute Gasteiger partial charge is 0.460 e. The van der Waals surface area contributed by atoms with Gasteiger partial charge in [-0.25, -0.2) is 8.42 Å². The lowest BCUT2D eigenvalue weighted by Crippen LogP contribution is -2.30. The summed E-state index contributed by atoms with van der Waals surface area (Å²) in [5.74, 6) is 0.271. The van der Waals surface area contributed by atoms with Gasteiger partial charge in [-0.1, -0.05) is 6.08 Å². The van der Waals surface area contributed by atoms with E-state index in [0.717, 1.165) is 27.2 Å². The predicted molar refractivity (Wildman–Crippen MR) is 97.1 cm³/mol. The number of imide groups is 1. The van der Waals surface area contributed by atoms with Crippen LogP contribution in [-0.2, 0) is 21.4 Å². The summed E-state index contributed by atoms with van der Waals surface area (Å²) in [6.45, 7) is 3.68. The molecular weight excluding hydrogens is 378 g/mol. The van der Waals surface area contributed by atoms with Gasteiger partial charge in [-0.15, -0.1) is 6.58 Å². The number of hydrogen-bond acceptors (Lipinski definition) is 7. The van der Waals surface area contributed by atoms with E-state index >= 15 is 0 Å². The second kappa shape index (κ2) is 8.35. The Morgan fingerprint density at radius 1 is 1.42 bits per heavy atom. The highest BCUT2D eigenvalue weighted by molar-refractivity contribution is 8.18. The van der Waals surface area contributed by atoms with E-state index < -0.39 is 15.9 Å². The molecule has 0 unspecified atom stereocenters. The molecule has 0 radical (unpaired) electrons. The number of nitrogens with zero attached hydrogens (tertiary/aromatic N) is 3. The number of carbonyl (C=O) groups is 2. The number of thioether (sulfide) groups is 1. The van der Waals surface area contributed by atoms with Gasteiger partial charge in [0.05, 0.1) is 23.8 Å². The van der Waals surface area contributed by atoms with Crippen LogP contribution in [0.2, 0.25) is 0 Å². The minimum Gasteiger partial charge on any atom is -0.460 e. The molecule has 1 aliphatic rings. The first kappa shape index (κ1) is 20.0. The Hall–Kier alpha value is -2.35. The van der Waals surface area contributed by atoms with Crippen molar-refractivity contribution in [1.82, 2.24) is 9.21 Å². The molecule has 0 bridgehead atoms. The lowest BCUT2D eigenvalue weighted by atomic mass is 10.3. The van der Waals surface area contributed by atoms with Crippen LogP contribution in [0.15, 0.2) is 34.1 Å². The van der Waals surface area contributed by atoms with Crippen molar-refractivity contribution in [2.24, 2.45) is 0 Å². The fourth-order valence-corrected chi connectivity index (χ4v) is 3.80. The van der Waals surface area contributed by atoms with Crippen molar-refractivity contribution in [3.63, 3.8) is 0 Å². The predicted octanol–water partition coefficient (Wildman–Crippen LogP) is 2.18. The van der Waals surface area contributed by atoms with E-state index in [1.165, 1.54) is 12.2 Å². The third kappa shape index (κ3) is 4.85. The molecule has 8 nitrogen and oxygen atoms in total. The molecule has 10 heteroatoms. The topological polar surface area (TPSA) is 112 Å². The van der Waals surface area contributed by atoms with E-state index in [4.69, 9.17) is 9.68 Å². The Labute approximate surface area is 155 Å². The van der Waals surface area contributed by atoms with Gasteiger partial charge in [0.25, 0.3) is 11.1 Å². The number of sulfonamides is 1. The highest BCUT2D eigenvalue weighted by Gasteiger charge is 2.34. The molecule has 1 saturated heterocycles. The average molecular weight is 395 g/mol. The summed E-state index contributed by atoms with van der Waals surface area (Å²) in [5.41, 5.74) is 0. The maximum absolute atomic E-state index is 12.2. The van der Waals surface area contributed by atoms with Crippen LogP contribution in [0.1, 0.15) is 17.9 Å². The highest BCUT2D eigenvalue weighted by Crippen LogP contribution is 2.32. The standard InChI is InChI=1S/C16H17N3O5S2/c1-3-8-19-15(20)14(25-16(19)21)10-12-5-6-13(24-12)11-18(9-4-7-17)26(2,22)23/h3,5-6,10H,1,4,8-9,11H2,2H3/b14-10-. The molecule has 2 rings (SSSR count). The van der Waals surface area contributed by atoms with Gasteiger partial charge in [0.15, 0.2) is 0 Å². The molecule has 1 aromatic heterocycles. The Morgan fingerprint density at radius 3 is 2.77 bits per heavy atom. The monoisotopic (exact) mass is 395 g/mol. The Morgan fingerprint density at radius 2 is 2.15 bits per heavy atom. The minimum atomic E-state index is -3.49. The first-order chi connectivity index (χ1) is 12.3. The summed E-state index contributed by atoms with van der Waals surface area (Å²) in [7, 11) is -3.49. The van der Waals surface area contributed by atoms with Crippen molar-refractivity contribution in [3.8, 4) is 6.07 Å². The van der Waals surface area contributed by atoms with Gasteiger partial charge >= 0.3 is 0 Å². The molecule has 0 N–H and O–H groups in total. The van der Waals surface area contributed by atoms with Crippen molar-refractivity contribution in [2.75, 3.05) is 19.3 Å². The van der Waals surface area contributed by atoms with Gasteiger partial charge in [-0.05, 0) is 23.9 Å². The lowest BCUT2D eigenvalue weighted by molar-refractivity contribution is -0.122. The van der Waals surface area contributed by atoms with E-state index in [1.807, 2.05) is 6.07 Å². The van der Waals surface area contributed by atoms with Gasteiger partial charge in [0, 0.05) is 25.6 Å². The second-order valence-corrected chi connectivity index (χ2v) is 8.37. The Balaban J connectivity index is 2.15. The van der Waals surface area contributed by atoms with Crippen molar-refractivity contribution in [3.05, 3.63) is 41.2 Å². The minimum absolute atomic E-state index is 0.0215. The van der Waals surface area contributed by atoms with Gasteiger partial charge in [-0.3, -0.25) is 14.5 Å². The SMILES string of the molecule is C=CCN1C(=O)S/C(=C\c2ccc(CN(CCC#N)S(C)(=O)=O)o2)C1=O. The molecule has 0 spiro atoms. The zero-order valence-corrected chi connectivity index (χ0v) is 15.7. The number of carbonyl (C=O) groups excluding carboxylic acids is 2. The highest BCUT2D eigenvalue weighted by atomic mass is 32.2. The molecule has 1 fully saturated rings. The maximum atomic E-state index is 12.2. The fourth-order valence-electron chi connectivity index (χ4n) is 2.18. The van der Waals surface area contributed by atoms with Crippen LogP contribution in [0, 0.1) is 11.3 Å². The van der Waals surface area contributed by atoms with Crippen molar-refractivity contribution in [2.45, 2.75) is 13.0 Å². The summed E-state index contributed by atoms with van der Waals surface area (Å²) in [5, 5.41) is 8.26. The van der Waals surface area contributed by atoms with Crippen LogP contribution >= 0.6 is 11.8 Å². The van der Waals surface area contributed by atoms with Crippen LogP contribution in [0.3, 0.4) is 0 Å². The summed E-state index contributed by atoms with van der Waals surface area (Å²) < 4.78 is 30.2. The second-order valence-electron chi connectivity index (χ2n) is 5.39. The quantitative estimate of drug-likeness (QED) is 0.490. The van der Waals surface area contributed by atoms with Gasteiger partial charge in [0.1, 0.15) is 11.5 Å². The van der Waals surface area contributed by atoms with E-state index in [1.54, 1.807) is 12.1 Å². The number of amides is 2. The molecule has 138 valence electrons. The van der Waals surface area contributed by atoms with E-state index in [2.05, 4.69) is 6.58 Å². The molecule has 1 aromatic rings. The Bertz CT molecular complexity index is 895. The Kier molecular flexibility index (Phi) is 6.42. The lowest BCUT2D eigenvalue weighted by Gasteiger charge is -2.16. The van der Waals surface area contributed by atoms with Crippen LogP contribution in [0.25, 0.3) is 6.08 Å². The van der Waals surface area contributed by atoms with E-state index in [0.29, 0.717) is 11.5 Å². The van der Waals surface area contributed by atoms with Crippen molar-refractivity contribution >= 4 is 39.0 Å². The summed E-state index contributed by atoms with van der Waals surface area (Å²) in [4.78, 5) is 25.2. The maximum Gasteiger partial charge on any atom is 0.293 e. The third-order valence-corrected chi connectivity index (χ3v) is 5.57. The number of rotatable bonds is 8. The van der Waals surface area contributed by atoms with Crippen LogP contribution < -0.4 is 0 Å². The first-order valence-electron chi connectivity index (χ1n) is 7.53. The molecule has 2 amide bonds. The van der Waals surface area contributed by atoms with Gasteiger partial charge < -0.3 is 4.42 Å². The molecule has 0 aliphatic carbocycles. The molecule has 0 saturated carbocycles. The zero-order chi connectivity index (χ0) is 19.3. The normalized spacial score (nSPS) is 16.5. The number of nitriles is 1. The molecular formula is C16H17N3O5S2. The number of hydrogen-bond donors (Lipinski definition) is 0. The van der Waals surface area contributed by atoms with E-state index in [-0.39, 0.29) is 36.2 Å². The summed E-state index contributed by atoms with van der Waals surface area (Å²) >= 11 is 0.804. The molecule has 2 heterocycles. The zero-order valence-electron chi connectivity index (χ0n) is 14.0. The molecule has 1 aliphatic heterocycles. The van der Waals surface area contributed by atoms with Crippen molar-refractivity contribution < 1.29 is 22.4 Å². The van der Waals surface area contributed by atoms with Gasteiger partial charge in [0.2, 0.25) is 10.0 Å². The summed E-state index contributed by atoms with van der Waals surface area (Å²) in [6.07, 6.45) is 4.03. The van der Waals surface area contributed by atoms with Crippen LogP contribution in [-0.4, -0.2) is 48.1 Å². The van der Waals surface area contributed by atoms with Crippen LogP contribution in [0.5, 0.6) is 0 Å². The van der Waals surface area contributed by atoms with Crippen LogP contribution in [0.4, 0.5) is 4.79 Å². The molecule has 0 atom stereocenters. The fraction of sp³-hybridized carbons (Fsp3) is 0.312.